The number of hydrogen-bond donors (Lipinski definition) is 0. The number of fused-ring (bicyclic) bond motifs is 1. The molecule has 0 bridgehead atoms. The summed E-state index contributed by atoms with van der Waals surface area (Å²) >= 11 is 0. The molecule has 35 heavy (non-hydrogen) atoms. The third kappa shape index (κ3) is 4.65. The van der Waals surface area contributed by atoms with Crippen LogP contribution in [0.25, 0.3) is 33.3 Å². The summed E-state index contributed by atoms with van der Waals surface area (Å²) < 4.78 is 22.2. The number of alkyl halides is 1. The fraction of sp³-hybridized carbons (Fsp3) is 0.467. The summed E-state index contributed by atoms with van der Waals surface area (Å²) in [4.78, 5) is 4.95. The van der Waals surface area contributed by atoms with Gasteiger partial charge in [0.25, 0.3) is 0 Å². The number of hydrogen-bond acceptors (Lipinski definition) is 3. The molecule has 1 aliphatic rings. The molecule has 5 heteroatoms. The smallest absolute Gasteiger partial charge is 0.141 e. The fourth-order valence-electron chi connectivity index (χ4n) is 5.45. The van der Waals surface area contributed by atoms with Crippen molar-refractivity contribution in [3.63, 3.8) is 0 Å². The molecular formula is C30H36FN3O. The maximum Gasteiger partial charge on any atom is 0.141 e. The van der Waals surface area contributed by atoms with Gasteiger partial charge >= 0.3 is 0 Å². The quantitative estimate of drug-likeness (QED) is 0.300. The van der Waals surface area contributed by atoms with Gasteiger partial charge in [-0.05, 0) is 75.0 Å². The van der Waals surface area contributed by atoms with Crippen LogP contribution in [0.1, 0.15) is 70.4 Å². The van der Waals surface area contributed by atoms with Gasteiger partial charge in [-0.15, -0.1) is 0 Å². The molecule has 0 radical (unpaired) electrons. The van der Waals surface area contributed by atoms with Crippen LogP contribution in [0.3, 0.4) is 0 Å². The van der Waals surface area contributed by atoms with Crippen molar-refractivity contribution in [2.75, 3.05) is 0 Å². The Bertz CT molecular complexity index is 1330. The van der Waals surface area contributed by atoms with E-state index in [1.54, 1.807) is 6.92 Å². The average Bonchev–Trinajstić information content (AvgIpc) is 3.33. The first-order valence-electron chi connectivity index (χ1n) is 12.7. The van der Waals surface area contributed by atoms with Gasteiger partial charge in [0.1, 0.15) is 11.4 Å². The molecule has 1 aliphatic carbocycles. The van der Waals surface area contributed by atoms with Crippen LogP contribution in [0.5, 0.6) is 0 Å². The van der Waals surface area contributed by atoms with Gasteiger partial charge in [-0.25, -0.2) is 4.39 Å². The van der Waals surface area contributed by atoms with E-state index in [4.69, 9.17) is 9.51 Å². The van der Waals surface area contributed by atoms with Crippen LogP contribution in [0, 0.1) is 19.8 Å². The van der Waals surface area contributed by atoms with Crippen LogP contribution in [-0.4, -0.2) is 20.4 Å². The van der Waals surface area contributed by atoms with Crippen molar-refractivity contribution in [3.8, 4) is 22.3 Å². The Morgan fingerprint density at radius 2 is 1.77 bits per heavy atom. The lowest BCUT2D eigenvalue weighted by atomic mass is 9.81. The molecule has 4 nitrogen and oxygen atoms in total. The topological polar surface area (TPSA) is 43.9 Å². The first-order valence-corrected chi connectivity index (χ1v) is 12.7. The molecule has 0 atom stereocenters. The lowest BCUT2D eigenvalue weighted by Gasteiger charge is -2.31. The number of aryl methyl sites for hydroxylation is 2. The molecule has 1 saturated carbocycles. The molecule has 0 saturated heterocycles. The Kier molecular flexibility index (Phi) is 5.85. The standard InChI is InChI=1S/C30H36FN3O/c1-19-27(20(2)35-33-19)23-15-26-28(32-16-23)25(22-7-9-24(10-8-22)29(3,4)5)18-34(26)17-21-11-13-30(6,31)14-12-21/h7-10,15-16,18,21H,11-14,17H2,1-6H3. The first-order chi connectivity index (χ1) is 16.5. The fourth-order valence-corrected chi connectivity index (χ4v) is 5.45. The van der Waals surface area contributed by atoms with E-state index in [0.717, 1.165) is 58.6 Å². The first kappa shape index (κ1) is 23.8. The van der Waals surface area contributed by atoms with Crippen LogP contribution >= 0.6 is 0 Å². The van der Waals surface area contributed by atoms with Crippen molar-refractivity contribution in [3.05, 3.63) is 59.7 Å². The summed E-state index contributed by atoms with van der Waals surface area (Å²) in [6.07, 6.45) is 7.28. The minimum absolute atomic E-state index is 0.111. The second-order valence-electron chi connectivity index (χ2n) is 11.7. The highest BCUT2D eigenvalue weighted by atomic mass is 19.1. The van der Waals surface area contributed by atoms with Crippen molar-refractivity contribution in [2.24, 2.45) is 5.92 Å². The van der Waals surface area contributed by atoms with Crippen LogP contribution < -0.4 is 0 Å². The molecule has 1 fully saturated rings. The van der Waals surface area contributed by atoms with Crippen molar-refractivity contribution < 1.29 is 8.91 Å². The predicted octanol–water partition coefficient (Wildman–Crippen LogP) is 8.19. The largest absolute Gasteiger partial charge is 0.361 e. The molecule has 0 aliphatic heterocycles. The average molecular weight is 474 g/mol. The van der Waals surface area contributed by atoms with Crippen molar-refractivity contribution in [1.29, 1.82) is 0 Å². The number of benzene rings is 1. The minimum atomic E-state index is -1.02. The molecule has 184 valence electrons. The number of pyridine rings is 1. The zero-order valence-electron chi connectivity index (χ0n) is 21.8. The Morgan fingerprint density at radius 3 is 2.37 bits per heavy atom. The lowest BCUT2D eigenvalue weighted by molar-refractivity contribution is 0.0985. The molecule has 0 spiro atoms. The van der Waals surface area contributed by atoms with E-state index in [1.165, 1.54) is 11.1 Å². The van der Waals surface area contributed by atoms with Gasteiger partial charge in [0, 0.05) is 35.6 Å². The molecule has 5 rings (SSSR count). The van der Waals surface area contributed by atoms with Gasteiger partial charge in [-0.3, -0.25) is 4.98 Å². The van der Waals surface area contributed by atoms with Gasteiger partial charge in [-0.1, -0.05) is 50.2 Å². The highest BCUT2D eigenvalue weighted by molar-refractivity contribution is 5.95. The number of aromatic nitrogens is 3. The Labute approximate surface area is 207 Å². The van der Waals surface area contributed by atoms with Crippen LogP contribution in [0.2, 0.25) is 0 Å². The normalized spacial score (nSPS) is 21.1. The van der Waals surface area contributed by atoms with Gasteiger partial charge in [0.2, 0.25) is 0 Å². The summed E-state index contributed by atoms with van der Waals surface area (Å²) in [7, 11) is 0. The van der Waals surface area contributed by atoms with Crippen molar-refractivity contribution >= 4 is 11.0 Å². The highest BCUT2D eigenvalue weighted by Crippen LogP contribution is 2.38. The van der Waals surface area contributed by atoms with Crippen molar-refractivity contribution in [2.45, 2.75) is 84.9 Å². The van der Waals surface area contributed by atoms with Crippen LogP contribution in [0.4, 0.5) is 4.39 Å². The molecule has 3 aromatic heterocycles. The van der Waals surface area contributed by atoms with Gasteiger partial charge in [-0.2, -0.15) is 0 Å². The third-order valence-electron chi connectivity index (χ3n) is 7.70. The van der Waals surface area contributed by atoms with Gasteiger partial charge < -0.3 is 9.09 Å². The monoisotopic (exact) mass is 473 g/mol. The van der Waals surface area contributed by atoms with E-state index in [1.807, 2.05) is 20.0 Å². The summed E-state index contributed by atoms with van der Waals surface area (Å²) in [5.74, 6) is 1.27. The molecular weight excluding hydrogens is 437 g/mol. The number of nitrogens with zero attached hydrogens (tertiary/aromatic N) is 3. The van der Waals surface area contributed by atoms with E-state index in [9.17, 15) is 4.39 Å². The summed E-state index contributed by atoms with van der Waals surface area (Å²) in [5.41, 5.74) is 7.70. The second kappa shape index (κ2) is 8.61. The predicted molar refractivity (Wildman–Crippen MR) is 140 cm³/mol. The maximum atomic E-state index is 14.4. The van der Waals surface area contributed by atoms with E-state index in [2.05, 4.69) is 67.0 Å². The lowest BCUT2D eigenvalue weighted by Crippen LogP contribution is -2.27. The highest BCUT2D eigenvalue weighted by Gasteiger charge is 2.31. The van der Waals surface area contributed by atoms with Gasteiger partial charge in [0.05, 0.1) is 16.7 Å². The van der Waals surface area contributed by atoms with Gasteiger partial charge in [0.15, 0.2) is 0 Å². The minimum Gasteiger partial charge on any atom is -0.361 e. The van der Waals surface area contributed by atoms with Crippen LogP contribution in [-0.2, 0) is 12.0 Å². The molecule has 1 aromatic carbocycles. The van der Waals surface area contributed by atoms with E-state index < -0.39 is 5.67 Å². The third-order valence-corrected chi connectivity index (χ3v) is 7.70. The molecule has 0 amide bonds. The maximum absolute atomic E-state index is 14.4. The Balaban J connectivity index is 1.58. The number of rotatable bonds is 4. The zero-order chi connectivity index (χ0) is 25.0. The Morgan fingerprint density at radius 1 is 1.09 bits per heavy atom. The van der Waals surface area contributed by atoms with E-state index in [0.29, 0.717) is 18.8 Å². The zero-order valence-corrected chi connectivity index (χ0v) is 21.8. The number of halogens is 1. The molecule has 4 aromatic rings. The second-order valence-corrected chi connectivity index (χ2v) is 11.7. The van der Waals surface area contributed by atoms with E-state index >= 15 is 0 Å². The van der Waals surface area contributed by atoms with E-state index in [-0.39, 0.29) is 5.41 Å². The Hall–Kier alpha value is -2.95. The summed E-state index contributed by atoms with van der Waals surface area (Å²) in [6.45, 7) is 13.2. The van der Waals surface area contributed by atoms with Crippen LogP contribution in [0.15, 0.2) is 47.2 Å². The van der Waals surface area contributed by atoms with Crippen molar-refractivity contribution in [1.82, 2.24) is 14.7 Å². The SMILES string of the molecule is Cc1noc(C)c1-c1cnc2c(-c3ccc(C(C)(C)C)cc3)cn(CC3CCC(C)(F)CC3)c2c1. The summed E-state index contributed by atoms with van der Waals surface area (Å²) in [6, 6.07) is 11.1. The summed E-state index contributed by atoms with van der Waals surface area (Å²) in [5, 5.41) is 4.14. The molecule has 0 unspecified atom stereocenters. The molecule has 3 heterocycles. The molecule has 0 N–H and O–H groups in total.